The van der Waals surface area contributed by atoms with E-state index in [9.17, 15) is 4.79 Å². The first-order valence-corrected chi connectivity index (χ1v) is 7.86. The maximum atomic E-state index is 12.3. The van der Waals surface area contributed by atoms with Gasteiger partial charge in [0.25, 0.3) is 0 Å². The fraction of sp³-hybridized carbons (Fsp3) is 0.350. The van der Waals surface area contributed by atoms with Crippen molar-refractivity contribution in [2.75, 3.05) is 4.90 Å². The van der Waals surface area contributed by atoms with Crippen LogP contribution < -0.4 is 4.90 Å². The molecule has 0 spiro atoms. The molecule has 0 heterocycles. The van der Waals surface area contributed by atoms with Crippen molar-refractivity contribution in [1.29, 1.82) is 0 Å². The Bertz CT molecular complexity index is 608. The zero-order chi connectivity index (χ0) is 16.2. The van der Waals surface area contributed by atoms with Gasteiger partial charge in [-0.25, -0.2) is 0 Å². The molecule has 0 aliphatic rings. The molecule has 0 saturated carbocycles. The lowest BCUT2D eigenvalue weighted by Gasteiger charge is -2.24. The van der Waals surface area contributed by atoms with E-state index in [1.165, 1.54) is 5.56 Å². The molecule has 2 aromatic carbocycles. The molecular formula is C20H25NO. The molecule has 0 radical (unpaired) electrons. The summed E-state index contributed by atoms with van der Waals surface area (Å²) in [5, 5.41) is 0. The first kappa shape index (κ1) is 16.3. The fourth-order valence-corrected chi connectivity index (χ4v) is 2.41. The molecule has 0 atom stereocenters. The summed E-state index contributed by atoms with van der Waals surface area (Å²) in [6.07, 6.45) is 0.509. The molecule has 0 saturated heterocycles. The third kappa shape index (κ3) is 3.97. The van der Waals surface area contributed by atoms with Crippen LogP contribution in [0.1, 0.15) is 45.2 Å². The molecule has 1 amide bonds. The van der Waals surface area contributed by atoms with Crippen LogP contribution in [0.25, 0.3) is 0 Å². The number of para-hydroxylation sites is 1. The number of carbonyl (C=O) groups is 1. The van der Waals surface area contributed by atoms with Gasteiger partial charge < -0.3 is 4.90 Å². The predicted molar refractivity (Wildman–Crippen MR) is 93.1 cm³/mol. The SMILES string of the molecule is CCC(=O)N(Cc1ccc(C(C)(C)C)cc1)c1ccccc1. The molecule has 22 heavy (non-hydrogen) atoms. The third-order valence-electron chi connectivity index (χ3n) is 3.83. The van der Waals surface area contributed by atoms with Gasteiger partial charge in [0.2, 0.25) is 5.91 Å². The van der Waals surface area contributed by atoms with Crippen molar-refractivity contribution >= 4 is 11.6 Å². The van der Waals surface area contributed by atoms with Crippen LogP contribution in [0.3, 0.4) is 0 Å². The minimum atomic E-state index is 0.145. The Morgan fingerprint density at radius 3 is 2.05 bits per heavy atom. The van der Waals surface area contributed by atoms with Crippen molar-refractivity contribution in [2.24, 2.45) is 0 Å². The van der Waals surface area contributed by atoms with Crippen molar-refractivity contribution in [3.05, 3.63) is 65.7 Å². The molecule has 0 fully saturated rings. The van der Waals surface area contributed by atoms with Crippen LogP contribution in [0.15, 0.2) is 54.6 Å². The Hall–Kier alpha value is -2.09. The van der Waals surface area contributed by atoms with Gasteiger partial charge in [-0.3, -0.25) is 4.79 Å². The second kappa shape index (κ2) is 6.78. The van der Waals surface area contributed by atoms with Crippen LogP contribution in [0.2, 0.25) is 0 Å². The van der Waals surface area contributed by atoms with Crippen LogP contribution in [0, 0.1) is 0 Å². The lowest BCUT2D eigenvalue weighted by atomic mass is 9.87. The maximum Gasteiger partial charge on any atom is 0.227 e. The molecule has 0 N–H and O–H groups in total. The van der Waals surface area contributed by atoms with Crippen molar-refractivity contribution in [1.82, 2.24) is 0 Å². The number of hydrogen-bond donors (Lipinski definition) is 0. The maximum absolute atomic E-state index is 12.3. The molecule has 2 nitrogen and oxygen atoms in total. The van der Waals surface area contributed by atoms with E-state index in [4.69, 9.17) is 0 Å². The number of hydrogen-bond acceptors (Lipinski definition) is 1. The summed E-state index contributed by atoms with van der Waals surface area (Å²) >= 11 is 0. The summed E-state index contributed by atoms with van der Waals surface area (Å²) in [7, 11) is 0. The molecular weight excluding hydrogens is 270 g/mol. The number of nitrogens with zero attached hydrogens (tertiary/aromatic N) is 1. The monoisotopic (exact) mass is 295 g/mol. The fourth-order valence-electron chi connectivity index (χ4n) is 2.41. The first-order chi connectivity index (χ1) is 10.4. The van der Waals surface area contributed by atoms with Crippen molar-refractivity contribution in [2.45, 2.75) is 46.1 Å². The highest BCUT2D eigenvalue weighted by atomic mass is 16.2. The van der Waals surface area contributed by atoms with E-state index in [0.29, 0.717) is 13.0 Å². The third-order valence-corrected chi connectivity index (χ3v) is 3.83. The molecule has 2 heteroatoms. The summed E-state index contributed by atoms with van der Waals surface area (Å²) in [6.45, 7) is 9.14. The highest BCUT2D eigenvalue weighted by Crippen LogP contribution is 2.23. The molecule has 0 aliphatic heterocycles. The minimum absolute atomic E-state index is 0.145. The average molecular weight is 295 g/mol. The smallest absolute Gasteiger partial charge is 0.227 e. The Morgan fingerprint density at radius 2 is 1.55 bits per heavy atom. The number of amides is 1. The molecule has 0 bridgehead atoms. The van der Waals surface area contributed by atoms with E-state index in [1.54, 1.807) is 0 Å². The van der Waals surface area contributed by atoms with Gasteiger partial charge in [0, 0.05) is 12.1 Å². The number of carbonyl (C=O) groups excluding carboxylic acids is 1. The summed E-state index contributed by atoms with van der Waals surface area (Å²) < 4.78 is 0. The van der Waals surface area contributed by atoms with Crippen LogP contribution in [0.4, 0.5) is 5.69 Å². The van der Waals surface area contributed by atoms with E-state index in [0.717, 1.165) is 11.3 Å². The average Bonchev–Trinajstić information content (AvgIpc) is 2.52. The van der Waals surface area contributed by atoms with Gasteiger partial charge in [0.15, 0.2) is 0 Å². The second-order valence-corrected chi connectivity index (χ2v) is 6.62. The lowest BCUT2D eigenvalue weighted by Crippen LogP contribution is -2.29. The largest absolute Gasteiger partial charge is 0.308 e. The predicted octanol–water partition coefficient (Wildman–Crippen LogP) is 4.93. The first-order valence-electron chi connectivity index (χ1n) is 7.86. The quantitative estimate of drug-likeness (QED) is 0.783. The van der Waals surface area contributed by atoms with Crippen molar-refractivity contribution < 1.29 is 4.79 Å². The Kier molecular flexibility index (Phi) is 5.02. The zero-order valence-electron chi connectivity index (χ0n) is 14.0. The van der Waals surface area contributed by atoms with Crippen LogP contribution >= 0.6 is 0 Å². The Labute approximate surface area is 133 Å². The molecule has 0 aliphatic carbocycles. The topological polar surface area (TPSA) is 20.3 Å². The molecule has 2 rings (SSSR count). The van der Waals surface area contributed by atoms with Gasteiger partial charge in [-0.15, -0.1) is 0 Å². The van der Waals surface area contributed by atoms with Gasteiger partial charge in [0.1, 0.15) is 0 Å². The van der Waals surface area contributed by atoms with E-state index in [-0.39, 0.29) is 11.3 Å². The van der Waals surface area contributed by atoms with E-state index >= 15 is 0 Å². The highest BCUT2D eigenvalue weighted by molar-refractivity contribution is 5.93. The van der Waals surface area contributed by atoms with Gasteiger partial charge in [-0.1, -0.05) is 70.2 Å². The van der Waals surface area contributed by atoms with E-state index < -0.39 is 0 Å². The molecule has 0 aromatic heterocycles. The summed E-state index contributed by atoms with van der Waals surface area (Å²) in [5.41, 5.74) is 3.56. The van der Waals surface area contributed by atoms with E-state index in [1.807, 2.05) is 42.2 Å². The molecule has 0 unspecified atom stereocenters. The highest BCUT2D eigenvalue weighted by Gasteiger charge is 2.16. The van der Waals surface area contributed by atoms with Gasteiger partial charge in [0.05, 0.1) is 6.54 Å². The van der Waals surface area contributed by atoms with Crippen molar-refractivity contribution in [3.63, 3.8) is 0 Å². The van der Waals surface area contributed by atoms with E-state index in [2.05, 4.69) is 45.0 Å². The van der Waals surface area contributed by atoms with Gasteiger partial charge in [-0.05, 0) is 28.7 Å². The lowest BCUT2D eigenvalue weighted by molar-refractivity contribution is -0.118. The standard InChI is InChI=1S/C20H25NO/c1-5-19(22)21(18-9-7-6-8-10-18)15-16-11-13-17(14-12-16)20(2,3)4/h6-14H,5,15H2,1-4H3. The molecule has 2 aromatic rings. The van der Waals surface area contributed by atoms with Crippen LogP contribution in [0.5, 0.6) is 0 Å². The van der Waals surface area contributed by atoms with Crippen LogP contribution in [-0.2, 0) is 16.8 Å². The summed E-state index contributed by atoms with van der Waals surface area (Å²) in [5.74, 6) is 0.145. The normalized spacial score (nSPS) is 11.3. The van der Waals surface area contributed by atoms with Crippen molar-refractivity contribution in [3.8, 4) is 0 Å². The van der Waals surface area contributed by atoms with Gasteiger partial charge >= 0.3 is 0 Å². The Balaban J connectivity index is 2.23. The van der Waals surface area contributed by atoms with Gasteiger partial charge in [-0.2, -0.15) is 0 Å². The number of rotatable bonds is 4. The summed E-state index contributed by atoms with van der Waals surface area (Å²) in [6, 6.07) is 18.4. The second-order valence-electron chi connectivity index (χ2n) is 6.62. The van der Waals surface area contributed by atoms with Crippen LogP contribution in [-0.4, -0.2) is 5.91 Å². The number of benzene rings is 2. The summed E-state index contributed by atoms with van der Waals surface area (Å²) in [4.78, 5) is 14.1. The minimum Gasteiger partial charge on any atom is -0.308 e. The Morgan fingerprint density at radius 1 is 0.955 bits per heavy atom. The zero-order valence-corrected chi connectivity index (χ0v) is 14.0. The number of anilines is 1. The molecule has 116 valence electrons.